The standard InChI is InChI=1S/C10H19ClO2/c1-3-4-5-6-10(12)13-8-7-9(2)11/h9H,3-8H2,1-2H3. The number of unbranched alkanes of at least 4 members (excludes halogenated alkanes) is 2. The van der Waals surface area contributed by atoms with Crippen LogP contribution in [0.3, 0.4) is 0 Å². The molecule has 78 valence electrons. The lowest BCUT2D eigenvalue weighted by Crippen LogP contribution is -2.08. The van der Waals surface area contributed by atoms with E-state index in [1.807, 2.05) is 6.92 Å². The van der Waals surface area contributed by atoms with Crippen LogP contribution in [0.5, 0.6) is 0 Å². The maximum atomic E-state index is 11.0. The van der Waals surface area contributed by atoms with E-state index in [-0.39, 0.29) is 11.3 Å². The summed E-state index contributed by atoms with van der Waals surface area (Å²) in [7, 11) is 0. The van der Waals surface area contributed by atoms with Crippen molar-refractivity contribution in [3.63, 3.8) is 0 Å². The van der Waals surface area contributed by atoms with Gasteiger partial charge in [0, 0.05) is 11.8 Å². The van der Waals surface area contributed by atoms with Crippen molar-refractivity contribution in [2.75, 3.05) is 6.61 Å². The molecule has 0 fully saturated rings. The Hall–Kier alpha value is -0.240. The fourth-order valence-electron chi connectivity index (χ4n) is 0.927. The summed E-state index contributed by atoms with van der Waals surface area (Å²) in [5, 5.41) is 0.0865. The summed E-state index contributed by atoms with van der Waals surface area (Å²) in [4.78, 5) is 11.0. The summed E-state index contributed by atoms with van der Waals surface area (Å²) < 4.78 is 4.98. The smallest absolute Gasteiger partial charge is 0.305 e. The molecular weight excluding hydrogens is 188 g/mol. The third-order valence-corrected chi connectivity index (χ3v) is 1.98. The normalized spacial score (nSPS) is 12.5. The third-order valence-electron chi connectivity index (χ3n) is 1.76. The summed E-state index contributed by atoms with van der Waals surface area (Å²) in [6, 6.07) is 0. The maximum Gasteiger partial charge on any atom is 0.305 e. The maximum absolute atomic E-state index is 11.0. The second-order valence-corrected chi connectivity index (χ2v) is 3.99. The highest BCUT2D eigenvalue weighted by Gasteiger charge is 2.03. The van der Waals surface area contributed by atoms with Crippen LogP contribution in [0.1, 0.15) is 46.0 Å². The minimum atomic E-state index is -0.0919. The van der Waals surface area contributed by atoms with Gasteiger partial charge in [0.2, 0.25) is 0 Å². The van der Waals surface area contributed by atoms with Gasteiger partial charge in [0.15, 0.2) is 0 Å². The van der Waals surface area contributed by atoms with Gasteiger partial charge in [-0.05, 0) is 19.8 Å². The average molecular weight is 207 g/mol. The van der Waals surface area contributed by atoms with Crippen LogP contribution >= 0.6 is 11.6 Å². The molecule has 0 radical (unpaired) electrons. The lowest BCUT2D eigenvalue weighted by molar-refractivity contribution is -0.143. The molecule has 13 heavy (non-hydrogen) atoms. The van der Waals surface area contributed by atoms with Crippen molar-refractivity contribution in [1.29, 1.82) is 0 Å². The number of esters is 1. The molecule has 0 aliphatic heterocycles. The van der Waals surface area contributed by atoms with Crippen LogP contribution in [0.2, 0.25) is 0 Å². The Balaban J connectivity index is 3.20. The molecule has 0 aromatic carbocycles. The first-order valence-corrected chi connectivity index (χ1v) is 5.40. The molecule has 0 aliphatic rings. The number of hydrogen-bond donors (Lipinski definition) is 0. The summed E-state index contributed by atoms with van der Waals surface area (Å²) in [6.45, 7) is 4.46. The lowest BCUT2D eigenvalue weighted by atomic mass is 10.2. The zero-order valence-electron chi connectivity index (χ0n) is 8.51. The molecule has 0 aromatic heterocycles. The van der Waals surface area contributed by atoms with E-state index >= 15 is 0 Å². The zero-order chi connectivity index (χ0) is 10.1. The number of rotatable bonds is 7. The number of ether oxygens (including phenoxy) is 1. The van der Waals surface area contributed by atoms with E-state index < -0.39 is 0 Å². The first-order valence-electron chi connectivity index (χ1n) is 4.96. The minimum absolute atomic E-state index is 0.0865. The van der Waals surface area contributed by atoms with Gasteiger partial charge in [-0.2, -0.15) is 0 Å². The van der Waals surface area contributed by atoms with E-state index in [1.54, 1.807) is 0 Å². The lowest BCUT2D eigenvalue weighted by Gasteiger charge is -2.05. The number of carbonyl (C=O) groups is 1. The van der Waals surface area contributed by atoms with Crippen LogP contribution in [0.4, 0.5) is 0 Å². The predicted octanol–water partition coefficient (Wildman–Crippen LogP) is 3.13. The Morgan fingerprint density at radius 2 is 2.15 bits per heavy atom. The Morgan fingerprint density at radius 3 is 2.69 bits per heavy atom. The van der Waals surface area contributed by atoms with Crippen molar-refractivity contribution in [3.8, 4) is 0 Å². The first-order chi connectivity index (χ1) is 6.16. The molecule has 0 heterocycles. The molecule has 1 atom stereocenters. The Kier molecular flexibility index (Phi) is 8.21. The molecule has 0 rings (SSSR count). The Bertz CT molecular complexity index is 135. The van der Waals surface area contributed by atoms with E-state index in [0.717, 1.165) is 25.7 Å². The number of alkyl halides is 1. The molecule has 0 aliphatic carbocycles. The van der Waals surface area contributed by atoms with Crippen molar-refractivity contribution >= 4 is 17.6 Å². The van der Waals surface area contributed by atoms with Crippen LogP contribution < -0.4 is 0 Å². The molecule has 0 bridgehead atoms. The second-order valence-electron chi connectivity index (χ2n) is 3.25. The SMILES string of the molecule is CCCCCC(=O)OCCC(C)Cl. The quantitative estimate of drug-likeness (QED) is 0.364. The van der Waals surface area contributed by atoms with Crippen molar-refractivity contribution in [2.45, 2.75) is 51.3 Å². The van der Waals surface area contributed by atoms with Gasteiger partial charge in [0.05, 0.1) is 6.61 Å². The van der Waals surface area contributed by atoms with Crippen LogP contribution in [0.25, 0.3) is 0 Å². The summed E-state index contributed by atoms with van der Waals surface area (Å²) in [5.41, 5.74) is 0. The fraction of sp³-hybridized carbons (Fsp3) is 0.900. The van der Waals surface area contributed by atoms with E-state index in [0.29, 0.717) is 13.0 Å². The third kappa shape index (κ3) is 9.68. The molecule has 0 saturated carbocycles. The second kappa shape index (κ2) is 8.36. The van der Waals surface area contributed by atoms with Gasteiger partial charge in [-0.3, -0.25) is 4.79 Å². The molecule has 1 unspecified atom stereocenters. The molecule has 0 aromatic rings. The predicted molar refractivity (Wildman–Crippen MR) is 55.0 cm³/mol. The molecule has 2 nitrogen and oxygen atoms in total. The molecule has 0 N–H and O–H groups in total. The molecular formula is C10H19ClO2. The van der Waals surface area contributed by atoms with Crippen LogP contribution in [0, 0.1) is 0 Å². The van der Waals surface area contributed by atoms with Gasteiger partial charge < -0.3 is 4.74 Å². The van der Waals surface area contributed by atoms with E-state index in [1.165, 1.54) is 0 Å². The fourth-order valence-corrected chi connectivity index (χ4v) is 1.02. The van der Waals surface area contributed by atoms with Crippen LogP contribution in [-0.2, 0) is 9.53 Å². The minimum Gasteiger partial charge on any atom is -0.466 e. The highest BCUT2D eigenvalue weighted by Crippen LogP contribution is 2.03. The van der Waals surface area contributed by atoms with Crippen molar-refractivity contribution in [3.05, 3.63) is 0 Å². The zero-order valence-corrected chi connectivity index (χ0v) is 9.27. The van der Waals surface area contributed by atoms with Crippen LogP contribution in [0.15, 0.2) is 0 Å². The molecule has 0 saturated heterocycles. The highest BCUT2D eigenvalue weighted by molar-refractivity contribution is 6.20. The van der Waals surface area contributed by atoms with E-state index in [9.17, 15) is 4.79 Å². The summed E-state index contributed by atoms with van der Waals surface area (Å²) in [5.74, 6) is -0.0919. The van der Waals surface area contributed by atoms with Crippen LogP contribution in [-0.4, -0.2) is 18.0 Å². The Labute approximate surface area is 85.6 Å². The topological polar surface area (TPSA) is 26.3 Å². The van der Waals surface area contributed by atoms with Crippen molar-refractivity contribution < 1.29 is 9.53 Å². The summed E-state index contributed by atoms with van der Waals surface area (Å²) >= 11 is 5.70. The van der Waals surface area contributed by atoms with Gasteiger partial charge in [0.25, 0.3) is 0 Å². The van der Waals surface area contributed by atoms with Gasteiger partial charge in [0.1, 0.15) is 0 Å². The van der Waals surface area contributed by atoms with E-state index in [2.05, 4.69) is 6.92 Å². The largest absolute Gasteiger partial charge is 0.466 e. The monoisotopic (exact) mass is 206 g/mol. The summed E-state index contributed by atoms with van der Waals surface area (Å²) in [6.07, 6.45) is 4.45. The first kappa shape index (κ1) is 12.8. The molecule has 0 amide bonds. The number of hydrogen-bond acceptors (Lipinski definition) is 2. The van der Waals surface area contributed by atoms with Gasteiger partial charge in [-0.25, -0.2) is 0 Å². The van der Waals surface area contributed by atoms with Crippen molar-refractivity contribution in [1.82, 2.24) is 0 Å². The Morgan fingerprint density at radius 1 is 1.46 bits per heavy atom. The van der Waals surface area contributed by atoms with Gasteiger partial charge in [-0.1, -0.05) is 19.8 Å². The number of carbonyl (C=O) groups excluding carboxylic acids is 1. The van der Waals surface area contributed by atoms with Gasteiger partial charge >= 0.3 is 5.97 Å². The molecule has 0 spiro atoms. The average Bonchev–Trinajstić information content (AvgIpc) is 2.04. The highest BCUT2D eigenvalue weighted by atomic mass is 35.5. The van der Waals surface area contributed by atoms with Crippen molar-refractivity contribution in [2.24, 2.45) is 0 Å². The number of halogens is 1. The van der Waals surface area contributed by atoms with Gasteiger partial charge in [-0.15, -0.1) is 11.6 Å². The molecule has 3 heteroatoms. The van der Waals surface area contributed by atoms with E-state index in [4.69, 9.17) is 16.3 Å².